The van der Waals surface area contributed by atoms with Crippen LogP contribution >= 0.6 is 0 Å². The van der Waals surface area contributed by atoms with Gasteiger partial charge in [-0.25, -0.2) is 0 Å². The zero-order valence-electron chi connectivity index (χ0n) is 5.79. The Hall–Kier alpha value is -0.250. The van der Waals surface area contributed by atoms with Crippen LogP contribution in [0.25, 0.3) is 8.79 Å². The molecule has 2 aromatic rings. The molecule has 0 saturated heterocycles. The summed E-state index contributed by atoms with van der Waals surface area (Å²) >= 11 is 0.0554. The van der Waals surface area contributed by atoms with Crippen LogP contribution < -0.4 is 0 Å². The Morgan fingerprint density at radius 1 is 1.20 bits per heavy atom. The minimum atomic E-state index is 0.0554. The third-order valence-electron chi connectivity index (χ3n) is 1.67. The van der Waals surface area contributed by atoms with Gasteiger partial charge in [0.2, 0.25) is 0 Å². The van der Waals surface area contributed by atoms with E-state index in [1.165, 1.54) is 10.9 Å². The molecule has 0 atom stereocenters. The van der Waals surface area contributed by atoms with Crippen molar-refractivity contribution in [1.29, 1.82) is 0 Å². The minimum absolute atomic E-state index is 0.0554. The van der Waals surface area contributed by atoms with Crippen molar-refractivity contribution >= 4 is 29.2 Å². The zero-order valence-corrected chi connectivity index (χ0v) is 8.13. The predicted octanol–water partition coefficient (Wildman–Crippen LogP) is 2.21. The van der Waals surface area contributed by atoms with Crippen molar-refractivity contribution in [1.82, 2.24) is 0 Å². The zero-order chi connectivity index (χ0) is 6.97. The van der Waals surface area contributed by atoms with Gasteiger partial charge in [-0.05, 0) is 0 Å². The van der Waals surface area contributed by atoms with Crippen molar-refractivity contribution < 1.29 is 0 Å². The Morgan fingerprint density at radius 3 is 2.80 bits per heavy atom. The first-order chi connectivity index (χ1) is 4.88. The Labute approximate surface area is 70.1 Å². The van der Waals surface area contributed by atoms with E-state index in [9.17, 15) is 0 Å². The topological polar surface area (TPSA) is 0 Å². The second-order valence-electron chi connectivity index (χ2n) is 2.41. The van der Waals surface area contributed by atoms with E-state index in [4.69, 9.17) is 0 Å². The summed E-state index contributed by atoms with van der Waals surface area (Å²) in [6.45, 7) is 2.20. The molecule has 0 amide bonds. The van der Waals surface area contributed by atoms with Gasteiger partial charge >= 0.3 is 70.1 Å². The average molecular weight is 244 g/mol. The molecule has 1 aromatic carbocycles. The van der Waals surface area contributed by atoms with Crippen LogP contribution in [-0.2, 0) is 0 Å². The molecular weight excluding hydrogens is 236 g/mol. The first-order valence-electron chi connectivity index (χ1n) is 3.31. The van der Waals surface area contributed by atoms with Gasteiger partial charge in [0.05, 0.1) is 0 Å². The molecule has 0 radical (unpaired) electrons. The molecule has 1 heterocycles. The molecule has 1 aromatic heterocycles. The summed E-state index contributed by atoms with van der Waals surface area (Å²) in [5.74, 6) is 0. The molecule has 0 N–H and O–H groups in total. The molecular formula is C9H8Te. The van der Waals surface area contributed by atoms with Crippen LogP contribution in [0.3, 0.4) is 0 Å². The Kier molecular flexibility index (Phi) is 1.56. The third kappa shape index (κ3) is 0.905. The number of hydrogen-bond acceptors (Lipinski definition) is 0. The van der Waals surface area contributed by atoms with Crippen LogP contribution in [0.4, 0.5) is 0 Å². The summed E-state index contributed by atoms with van der Waals surface area (Å²) in [4.78, 5) is 0. The van der Waals surface area contributed by atoms with Gasteiger partial charge in [-0.15, -0.1) is 0 Å². The van der Waals surface area contributed by atoms with Crippen LogP contribution in [0.2, 0.25) is 0 Å². The fraction of sp³-hybridized carbons (Fsp3) is 0.111. The van der Waals surface area contributed by atoms with Gasteiger partial charge in [0.15, 0.2) is 0 Å². The number of benzene rings is 1. The quantitative estimate of drug-likeness (QED) is 0.623. The van der Waals surface area contributed by atoms with Gasteiger partial charge in [0.1, 0.15) is 0 Å². The van der Waals surface area contributed by atoms with Crippen LogP contribution in [0, 0.1) is 6.92 Å². The van der Waals surface area contributed by atoms with Crippen molar-refractivity contribution in [3.05, 3.63) is 33.9 Å². The third-order valence-corrected chi connectivity index (χ3v) is 4.76. The van der Waals surface area contributed by atoms with Crippen LogP contribution in [-0.4, -0.2) is 20.4 Å². The molecule has 10 heavy (non-hydrogen) atoms. The van der Waals surface area contributed by atoms with Gasteiger partial charge in [-0.1, -0.05) is 0 Å². The maximum atomic E-state index is 2.41. The van der Waals surface area contributed by atoms with Crippen molar-refractivity contribution in [3.63, 3.8) is 0 Å². The SMILES string of the molecule is Cc1c[te]c2ccccc12. The monoisotopic (exact) mass is 246 g/mol. The van der Waals surface area contributed by atoms with Gasteiger partial charge in [-0.3, -0.25) is 0 Å². The second kappa shape index (κ2) is 2.42. The molecule has 0 aliphatic heterocycles. The normalized spacial score (nSPS) is 10.5. The summed E-state index contributed by atoms with van der Waals surface area (Å²) in [6, 6.07) is 8.73. The van der Waals surface area contributed by atoms with E-state index in [0.29, 0.717) is 0 Å². The molecule has 0 saturated carbocycles. The predicted molar refractivity (Wildman–Crippen MR) is 45.6 cm³/mol. The fourth-order valence-corrected chi connectivity index (χ4v) is 3.80. The molecule has 0 spiro atoms. The van der Waals surface area contributed by atoms with E-state index >= 15 is 0 Å². The van der Waals surface area contributed by atoms with E-state index < -0.39 is 0 Å². The molecule has 2 rings (SSSR count). The summed E-state index contributed by atoms with van der Waals surface area (Å²) in [6.07, 6.45) is 0. The van der Waals surface area contributed by atoms with Gasteiger partial charge in [0, 0.05) is 0 Å². The van der Waals surface area contributed by atoms with Crippen molar-refractivity contribution in [2.75, 3.05) is 0 Å². The standard InChI is InChI=1S/C9H8Te/c1-7-6-10-9-5-3-2-4-8(7)9/h2-6H,1H3. The molecule has 0 bridgehead atoms. The van der Waals surface area contributed by atoms with E-state index in [-0.39, 0.29) is 20.4 Å². The molecule has 0 fully saturated rings. The summed E-state index contributed by atoms with van der Waals surface area (Å²) in [5, 5.41) is 1.49. The van der Waals surface area contributed by atoms with E-state index in [1.807, 2.05) is 0 Å². The van der Waals surface area contributed by atoms with Crippen LogP contribution in [0.15, 0.2) is 28.3 Å². The van der Waals surface area contributed by atoms with E-state index in [2.05, 4.69) is 35.3 Å². The van der Waals surface area contributed by atoms with Crippen molar-refractivity contribution in [3.8, 4) is 0 Å². The van der Waals surface area contributed by atoms with E-state index in [1.54, 1.807) is 3.40 Å². The molecule has 0 nitrogen and oxygen atoms in total. The maximum absolute atomic E-state index is 2.41. The molecule has 1 heteroatoms. The van der Waals surface area contributed by atoms with Crippen molar-refractivity contribution in [2.45, 2.75) is 6.92 Å². The average Bonchev–Trinajstić information content (AvgIpc) is 2.34. The fourth-order valence-electron chi connectivity index (χ4n) is 1.11. The number of rotatable bonds is 0. The van der Waals surface area contributed by atoms with Crippen molar-refractivity contribution in [2.24, 2.45) is 0 Å². The van der Waals surface area contributed by atoms with Crippen LogP contribution in [0.5, 0.6) is 0 Å². The Morgan fingerprint density at radius 2 is 2.00 bits per heavy atom. The van der Waals surface area contributed by atoms with Gasteiger partial charge < -0.3 is 0 Å². The van der Waals surface area contributed by atoms with Gasteiger partial charge in [-0.2, -0.15) is 0 Å². The van der Waals surface area contributed by atoms with E-state index in [0.717, 1.165) is 0 Å². The number of aryl methyl sites for hydroxylation is 1. The number of fused-ring (bicyclic) bond motifs is 1. The molecule has 0 unspecified atom stereocenters. The van der Waals surface area contributed by atoms with Gasteiger partial charge in [0.25, 0.3) is 0 Å². The first-order valence-corrected chi connectivity index (χ1v) is 5.82. The second-order valence-corrected chi connectivity index (χ2v) is 5.02. The molecule has 0 aliphatic carbocycles. The molecule has 0 aliphatic rings. The summed E-state index contributed by atoms with van der Waals surface area (Å²) < 4.78 is 4.01. The van der Waals surface area contributed by atoms with Crippen LogP contribution in [0.1, 0.15) is 5.56 Å². The first kappa shape index (κ1) is 6.46. The summed E-state index contributed by atoms with van der Waals surface area (Å²) in [7, 11) is 0. The number of hydrogen-bond donors (Lipinski definition) is 0. The molecule has 50 valence electrons. The summed E-state index contributed by atoms with van der Waals surface area (Å²) in [5.41, 5.74) is 1.48. The Balaban J connectivity index is 2.93. The Bertz CT molecular complexity index is 346.